The molecule has 3 amide bonds. The molecule has 5 nitrogen and oxygen atoms in total. The fraction of sp³-hybridized carbons (Fsp3) is 0.571. The molecule has 1 heterocycles. The molecule has 0 saturated carbocycles. The SMILES string of the molecule is CC1=NC(=O)N(CCO)C(=O)C1. The normalized spacial score (nSPS) is 18.2. The number of imide groups is 1. The molecule has 12 heavy (non-hydrogen) atoms. The van der Waals surface area contributed by atoms with Gasteiger partial charge in [0.05, 0.1) is 19.6 Å². The van der Waals surface area contributed by atoms with Gasteiger partial charge in [0.15, 0.2) is 0 Å². The zero-order valence-electron chi connectivity index (χ0n) is 6.78. The molecule has 0 aromatic heterocycles. The summed E-state index contributed by atoms with van der Waals surface area (Å²) >= 11 is 0. The van der Waals surface area contributed by atoms with E-state index in [9.17, 15) is 9.59 Å². The summed E-state index contributed by atoms with van der Waals surface area (Å²) in [6, 6.07) is -0.571. The highest BCUT2D eigenvalue weighted by Crippen LogP contribution is 2.06. The van der Waals surface area contributed by atoms with Gasteiger partial charge in [-0.2, -0.15) is 0 Å². The minimum absolute atomic E-state index is 0.0362. The quantitative estimate of drug-likeness (QED) is 0.623. The van der Waals surface area contributed by atoms with Crippen LogP contribution in [0.15, 0.2) is 4.99 Å². The minimum atomic E-state index is -0.571. The topological polar surface area (TPSA) is 70.0 Å². The maximum atomic E-state index is 11.1. The monoisotopic (exact) mass is 170 g/mol. The molecular weight excluding hydrogens is 160 g/mol. The third-order valence-electron chi connectivity index (χ3n) is 1.55. The number of carbonyl (C=O) groups is 2. The van der Waals surface area contributed by atoms with Crippen molar-refractivity contribution >= 4 is 17.6 Å². The number of carbonyl (C=O) groups excluding carboxylic acids is 2. The van der Waals surface area contributed by atoms with Crippen LogP contribution in [0.5, 0.6) is 0 Å². The van der Waals surface area contributed by atoms with E-state index in [2.05, 4.69) is 4.99 Å². The van der Waals surface area contributed by atoms with Crippen LogP contribution in [0.25, 0.3) is 0 Å². The summed E-state index contributed by atoms with van der Waals surface area (Å²) in [7, 11) is 0. The van der Waals surface area contributed by atoms with Crippen LogP contribution < -0.4 is 0 Å². The molecular formula is C7H10N2O3. The molecule has 0 aromatic carbocycles. The third-order valence-corrected chi connectivity index (χ3v) is 1.55. The van der Waals surface area contributed by atoms with Crippen LogP contribution in [-0.2, 0) is 4.79 Å². The lowest BCUT2D eigenvalue weighted by Gasteiger charge is -2.20. The van der Waals surface area contributed by atoms with Gasteiger partial charge in [-0.25, -0.2) is 9.79 Å². The van der Waals surface area contributed by atoms with Gasteiger partial charge in [0.1, 0.15) is 0 Å². The summed E-state index contributed by atoms with van der Waals surface area (Å²) in [5, 5.41) is 8.53. The van der Waals surface area contributed by atoms with Crippen LogP contribution in [0, 0.1) is 0 Å². The van der Waals surface area contributed by atoms with Crippen molar-refractivity contribution in [1.29, 1.82) is 0 Å². The number of aliphatic hydroxyl groups excluding tert-OH is 1. The van der Waals surface area contributed by atoms with Crippen LogP contribution in [0.4, 0.5) is 4.79 Å². The first kappa shape index (κ1) is 8.86. The lowest BCUT2D eigenvalue weighted by Crippen LogP contribution is -2.41. The average molecular weight is 170 g/mol. The predicted octanol–water partition coefficient (Wildman–Crippen LogP) is -0.208. The largest absolute Gasteiger partial charge is 0.395 e. The molecule has 0 unspecified atom stereocenters. The fourth-order valence-electron chi connectivity index (χ4n) is 1.00. The molecule has 1 aliphatic rings. The molecule has 1 aliphatic heterocycles. The highest BCUT2D eigenvalue weighted by atomic mass is 16.3. The van der Waals surface area contributed by atoms with Crippen LogP contribution >= 0.6 is 0 Å². The van der Waals surface area contributed by atoms with Crippen LogP contribution in [0.2, 0.25) is 0 Å². The van der Waals surface area contributed by atoms with Gasteiger partial charge in [-0.3, -0.25) is 9.69 Å². The Balaban J connectivity index is 2.76. The van der Waals surface area contributed by atoms with Gasteiger partial charge in [0.2, 0.25) is 5.91 Å². The van der Waals surface area contributed by atoms with Gasteiger partial charge in [0.25, 0.3) is 0 Å². The molecule has 0 saturated heterocycles. The number of nitrogens with zero attached hydrogens (tertiary/aromatic N) is 2. The highest BCUT2D eigenvalue weighted by molar-refractivity contribution is 6.13. The Hall–Kier alpha value is -1.23. The Morgan fingerprint density at radius 3 is 2.75 bits per heavy atom. The molecule has 5 heteroatoms. The zero-order chi connectivity index (χ0) is 9.14. The Morgan fingerprint density at radius 1 is 1.58 bits per heavy atom. The van der Waals surface area contributed by atoms with E-state index < -0.39 is 6.03 Å². The Bertz CT molecular complexity index is 247. The molecule has 0 aliphatic carbocycles. The molecule has 66 valence electrons. The molecule has 1 rings (SSSR count). The lowest BCUT2D eigenvalue weighted by molar-refractivity contribution is -0.127. The molecule has 0 bridgehead atoms. The maximum absolute atomic E-state index is 11.1. The van der Waals surface area contributed by atoms with E-state index in [1.165, 1.54) is 0 Å². The molecule has 1 N–H and O–H groups in total. The van der Waals surface area contributed by atoms with Crippen molar-refractivity contribution < 1.29 is 14.7 Å². The Kier molecular flexibility index (Phi) is 2.54. The van der Waals surface area contributed by atoms with Crippen molar-refractivity contribution in [1.82, 2.24) is 4.90 Å². The molecule has 0 aromatic rings. The summed E-state index contributed by atoms with van der Waals surface area (Å²) < 4.78 is 0. The summed E-state index contributed by atoms with van der Waals surface area (Å²) in [5.74, 6) is -0.290. The van der Waals surface area contributed by atoms with Crippen molar-refractivity contribution in [3.05, 3.63) is 0 Å². The summed E-state index contributed by atoms with van der Waals surface area (Å²) in [6.07, 6.45) is 0.172. The summed E-state index contributed by atoms with van der Waals surface area (Å²) in [6.45, 7) is 1.45. The second-order valence-electron chi connectivity index (χ2n) is 2.58. The zero-order valence-corrected chi connectivity index (χ0v) is 6.78. The number of aliphatic hydroxyl groups is 1. The smallest absolute Gasteiger partial charge is 0.350 e. The van der Waals surface area contributed by atoms with Crippen LogP contribution in [-0.4, -0.2) is 40.8 Å². The number of hydrogen-bond acceptors (Lipinski definition) is 3. The Morgan fingerprint density at radius 2 is 2.25 bits per heavy atom. The van der Waals surface area contributed by atoms with Gasteiger partial charge in [-0.1, -0.05) is 0 Å². The second kappa shape index (κ2) is 3.44. The van der Waals surface area contributed by atoms with Crippen molar-refractivity contribution in [2.45, 2.75) is 13.3 Å². The van der Waals surface area contributed by atoms with Gasteiger partial charge < -0.3 is 5.11 Å². The summed E-state index contributed by atoms with van der Waals surface area (Å²) in [4.78, 5) is 26.7. The van der Waals surface area contributed by atoms with E-state index in [1.54, 1.807) is 6.92 Å². The first-order valence-electron chi connectivity index (χ1n) is 3.64. The first-order chi connectivity index (χ1) is 5.65. The minimum Gasteiger partial charge on any atom is -0.395 e. The first-order valence-corrected chi connectivity index (χ1v) is 3.64. The lowest BCUT2D eigenvalue weighted by atomic mass is 10.2. The number of urea groups is 1. The van der Waals surface area contributed by atoms with Crippen molar-refractivity contribution in [3.63, 3.8) is 0 Å². The van der Waals surface area contributed by atoms with E-state index >= 15 is 0 Å². The van der Waals surface area contributed by atoms with Crippen molar-refractivity contribution in [2.24, 2.45) is 4.99 Å². The van der Waals surface area contributed by atoms with Crippen LogP contribution in [0.3, 0.4) is 0 Å². The number of hydrogen-bond donors (Lipinski definition) is 1. The predicted molar refractivity (Wildman–Crippen MR) is 41.9 cm³/mol. The van der Waals surface area contributed by atoms with E-state index in [4.69, 9.17) is 5.11 Å². The second-order valence-corrected chi connectivity index (χ2v) is 2.58. The maximum Gasteiger partial charge on any atom is 0.350 e. The number of rotatable bonds is 2. The average Bonchev–Trinajstić information content (AvgIpc) is 1.96. The molecule has 0 spiro atoms. The van der Waals surface area contributed by atoms with Gasteiger partial charge in [-0.15, -0.1) is 0 Å². The Labute approximate surface area is 69.7 Å². The van der Waals surface area contributed by atoms with Gasteiger partial charge in [-0.05, 0) is 6.92 Å². The molecule has 0 fully saturated rings. The third kappa shape index (κ3) is 1.68. The summed E-state index contributed by atoms with van der Waals surface area (Å²) in [5.41, 5.74) is 0.527. The number of amides is 3. The van der Waals surface area contributed by atoms with E-state index in [0.717, 1.165) is 4.90 Å². The van der Waals surface area contributed by atoms with Crippen molar-refractivity contribution in [3.8, 4) is 0 Å². The van der Waals surface area contributed by atoms with Crippen molar-refractivity contribution in [2.75, 3.05) is 13.2 Å². The van der Waals surface area contributed by atoms with Crippen LogP contribution in [0.1, 0.15) is 13.3 Å². The standard InChI is InChI=1S/C7H10N2O3/c1-5-4-6(11)9(2-3-10)7(12)8-5/h10H,2-4H2,1H3. The fourth-order valence-corrected chi connectivity index (χ4v) is 1.00. The van der Waals surface area contributed by atoms with E-state index in [1.807, 2.05) is 0 Å². The number of aliphatic imine (C=N–C) groups is 1. The van der Waals surface area contributed by atoms with Gasteiger partial charge in [0, 0.05) is 5.71 Å². The highest BCUT2D eigenvalue weighted by Gasteiger charge is 2.25. The van der Waals surface area contributed by atoms with E-state index in [-0.39, 0.29) is 25.5 Å². The molecule has 0 atom stereocenters. The van der Waals surface area contributed by atoms with Gasteiger partial charge >= 0.3 is 6.03 Å². The molecule has 0 radical (unpaired) electrons. The number of β-amino-alcohol motifs (C(OH)–C–C–N with tert-alkyl or cyclic N) is 1. The van der Waals surface area contributed by atoms with E-state index in [0.29, 0.717) is 5.71 Å².